The maximum atomic E-state index is 8.67. The van der Waals surface area contributed by atoms with Gasteiger partial charge in [0.05, 0.1) is 19.0 Å². The van der Waals surface area contributed by atoms with Crippen molar-refractivity contribution in [3.05, 3.63) is 42.4 Å². The highest BCUT2D eigenvalue weighted by Crippen LogP contribution is 2.14. The molecule has 2 aromatic heterocycles. The molecule has 0 unspecified atom stereocenters. The Balaban J connectivity index is 2.42. The third-order valence-electron chi connectivity index (χ3n) is 2.32. The van der Waals surface area contributed by atoms with Crippen molar-refractivity contribution in [1.82, 2.24) is 9.55 Å². The van der Waals surface area contributed by atoms with E-state index < -0.39 is 0 Å². The second-order valence-corrected chi connectivity index (χ2v) is 3.30. The van der Waals surface area contributed by atoms with Crippen LogP contribution in [-0.4, -0.2) is 27.7 Å². The molecule has 2 aromatic rings. The minimum absolute atomic E-state index is 0.0348. The Morgan fingerprint density at radius 1 is 1.47 bits per heavy atom. The number of nitrogens with two attached hydrogens (primary N) is 1. The molecule has 6 heteroatoms. The van der Waals surface area contributed by atoms with E-state index in [4.69, 9.17) is 15.7 Å². The van der Waals surface area contributed by atoms with Gasteiger partial charge in [-0.05, 0) is 24.3 Å². The van der Waals surface area contributed by atoms with Crippen molar-refractivity contribution in [3.63, 3.8) is 0 Å². The molecule has 0 amide bonds. The van der Waals surface area contributed by atoms with Crippen LogP contribution in [0.15, 0.2) is 41.8 Å². The van der Waals surface area contributed by atoms with Gasteiger partial charge < -0.3 is 15.7 Å². The number of oxime groups is 1. The molecule has 0 aliphatic heterocycles. The van der Waals surface area contributed by atoms with Crippen molar-refractivity contribution in [1.29, 1.82) is 0 Å². The third-order valence-corrected chi connectivity index (χ3v) is 2.32. The lowest BCUT2D eigenvalue weighted by atomic mass is 10.4. The zero-order chi connectivity index (χ0) is 12.3. The van der Waals surface area contributed by atoms with Crippen molar-refractivity contribution in [2.75, 3.05) is 7.11 Å². The monoisotopic (exact) mass is 232 g/mol. The van der Waals surface area contributed by atoms with E-state index in [1.165, 1.54) is 0 Å². The number of nitrogens with zero attached hydrogens (tertiary/aromatic N) is 3. The molecule has 0 spiro atoms. The summed E-state index contributed by atoms with van der Waals surface area (Å²) >= 11 is 0. The van der Waals surface area contributed by atoms with Gasteiger partial charge in [0.2, 0.25) is 0 Å². The van der Waals surface area contributed by atoms with Gasteiger partial charge >= 0.3 is 0 Å². The van der Waals surface area contributed by atoms with E-state index >= 15 is 0 Å². The van der Waals surface area contributed by atoms with Crippen LogP contribution in [-0.2, 0) is 0 Å². The topological polar surface area (TPSA) is 85.7 Å². The quantitative estimate of drug-likeness (QED) is 0.357. The van der Waals surface area contributed by atoms with Crippen LogP contribution in [0.25, 0.3) is 5.82 Å². The summed E-state index contributed by atoms with van der Waals surface area (Å²) in [5.74, 6) is 1.37. The highest BCUT2D eigenvalue weighted by atomic mass is 16.5. The lowest BCUT2D eigenvalue weighted by Gasteiger charge is -2.07. The Kier molecular flexibility index (Phi) is 2.95. The van der Waals surface area contributed by atoms with Gasteiger partial charge in [0.25, 0.3) is 0 Å². The van der Waals surface area contributed by atoms with Crippen LogP contribution in [0.2, 0.25) is 0 Å². The summed E-state index contributed by atoms with van der Waals surface area (Å²) in [4.78, 5) is 4.22. The Hall–Kier alpha value is -2.50. The molecule has 0 saturated carbocycles. The number of hydrogen-bond donors (Lipinski definition) is 2. The van der Waals surface area contributed by atoms with Crippen LogP contribution in [0.5, 0.6) is 5.75 Å². The molecule has 2 rings (SSSR count). The summed E-state index contributed by atoms with van der Waals surface area (Å²) < 4.78 is 6.74. The zero-order valence-electron chi connectivity index (χ0n) is 9.24. The van der Waals surface area contributed by atoms with Gasteiger partial charge in [-0.25, -0.2) is 4.98 Å². The van der Waals surface area contributed by atoms with E-state index in [1.54, 1.807) is 48.3 Å². The van der Waals surface area contributed by atoms with Crippen LogP contribution in [0.3, 0.4) is 0 Å². The number of hydrogen-bond acceptors (Lipinski definition) is 4. The van der Waals surface area contributed by atoms with E-state index in [1.807, 2.05) is 0 Å². The SMILES string of the molecule is COc1ccc(-n2cccc2/C(N)=N/O)nc1. The van der Waals surface area contributed by atoms with E-state index in [0.29, 0.717) is 17.3 Å². The van der Waals surface area contributed by atoms with E-state index in [0.717, 1.165) is 0 Å². The van der Waals surface area contributed by atoms with Crippen LogP contribution in [0.1, 0.15) is 5.69 Å². The van der Waals surface area contributed by atoms with Crippen molar-refractivity contribution in [3.8, 4) is 11.6 Å². The molecule has 0 bridgehead atoms. The van der Waals surface area contributed by atoms with E-state index in [9.17, 15) is 0 Å². The highest BCUT2D eigenvalue weighted by molar-refractivity contribution is 5.96. The van der Waals surface area contributed by atoms with Gasteiger partial charge in [-0.1, -0.05) is 5.16 Å². The standard InChI is InChI=1S/C11H12N4O2/c1-17-8-4-5-10(13-7-8)15-6-2-3-9(15)11(12)14-16/h2-7,16H,1H3,(H2,12,14). The number of aromatic nitrogens is 2. The summed E-state index contributed by atoms with van der Waals surface area (Å²) in [6, 6.07) is 7.10. The predicted molar refractivity (Wildman–Crippen MR) is 62.6 cm³/mol. The molecule has 0 saturated heterocycles. The summed E-state index contributed by atoms with van der Waals surface area (Å²) in [6.45, 7) is 0. The molecule has 6 nitrogen and oxygen atoms in total. The number of amidine groups is 1. The first-order valence-corrected chi connectivity index (χ1v) is 4.92. The van der Waals surface area contributed by atoms with Crippen molar-refractivity contribution in [2.24, 2.45) is 10.9 Å². The summed E-state index contributed by atoms with van der Waals surface area (Å²) in [5.41, 5.74) is 6.13. The Bertz CT molecular complexity index is 531. The molecule has 17 heavy (non-hydrogen) atoms. The van der Waals surface area contributed by atoms with Gasteiger partial charge in [0.15, 0.2) is 5.84 Å². The van der Waals surface area contributed by atoms with E-state index in [-0.39, 0.29) is 5.84 Å². The van der Waals surface area contributed by atoms with Crippen LogP contribution < -0.4 is 10.5 Å². The predicted octanol–water partition coefficient (Wildman–Crippen LogP) is 0.975. The first-order valence-electron chi connectivity index (χ1n) is 4.92. The average Bonchev–Trinajstić information content (AvgIpc) is 2.87. The first kappa shape index (κ1) is 11.0. The number of rotatable bonds is 3. The molecule has 0 radical (unpaired) electrons. The van der Waals surface area contributed by atoms with Gasteiger partial charge in [0, 0.05) is 6.20 Å². The third kappa shape index (κ3) is 2.05. The second-order valence-electron chi connectivity index (χ2n) is 3.30. The van der Waals surface area contributed by atoms with Crippen LogP contribution in [0, 0.1) is 0 Å². The molecule has 0 fully saturated rings. The van der Waals surface area contributed by atoms with Gasteiger partial charge in [-0.3, -0.25) is 4.57 Å². The smallest absolute Gasteiger partial charge is 0.187 e. The second kappa shape index (κ2) is 4.56. The van der Waals surface area contributed by atoms with Crippen LogP contribution in [0.4, 0.5) is 0 Å². The molecule has 2 heterocycles. The van der Waals surface area contributed by atoms with Crippen molar-refractivity contribution < 1.29 is 9.94 Å². The fourth-order valence-electron chi connectivity index (χ4n) is 1.48. The fourth-order valence-corrected chi connectivity index (χ4v) is 1.48. The maximum absolute atomic E-state index is 8.67. The lowest BCUT2D eigenvalue weighted by Crippen LogP contribution is -2.17. The van der Waals surface area contributed by atoms with Gasteiger partial charge in [-0.15, -0.1) is 0 Å². The molecular weight excluding hydrogens is 220 g/mol. The minimum atomic E-state index is 0.0348. The lowest BCUT2D eigenvalue weighted by molar-refractivity contribution is 0.318. The number of pyridine rings is 1. The minimum Gasteiger partial charge on any atom is -0.495 e. The molecular formula is C11H12N4O2. The normalized spacial score (nSPS) is 11.5. The summed E-state index contributed by atoms with van der Waals surface area (Å²) in [7, 11) is 1.58. The molecule has 3 N–H and O–H groups in total. The Morgan fingerprint density at radius 2 is 2.29 bits per heavy atom. The molecule has 0 aliphatic carbocycles. The number of methoxy groups -OCH3 is 1. The average molecular weight is 232 g/mol. The van der Waals surface area contributed by atoms with Crippen molar-refractivity contribution >= 4 is 5.84 Å². The largest absolute Gasteiger partial charge is 0.495 e. The molecule has 0 aliphatic rings. The molecule has 0 aromatic carbocycles. The summed E-state index contributed by atoms with van der Waals surface area (Å²) in [6.07, 6.45) is 3.38. The zero-order valence-corrected chi connectivity index (χ0v) is 9.24. The number of ether oxygens (including phenoxy) is 1. The fraction of sp³-hybridized carbons (Fsp3) is 0.0909. The first-order chi connectivity index (χ1) is 8.26. The van der Waals surface area contributed by atoms with Crippen molar-refractivity contribution in [2.45, 2.75) is 0 Å². The highest BCUT2D eigenvalue weighted by Gasteiger charge is 2.08. The Morgan fingerprint density at radius 3 is 2.88 bits per heavy atom. The maximum Gasteiger partial charge on any atom is 0.187 e. The Labute approximate surface area is 98.0 Å². The van der Waals surface area contributed by atoms with Gasteiger partial charge in [0.1, 0.15) is 11.6 Å². The van der Waals surface area contributed by atoms with E-state index in [2.05, 4.69) is 10.1 Å². The molecule has 88 valence electrons. The van der Waals surface area contributed by atoms with Gasteiger partial charge in [-0.2, -0.15) is 0 Å². The molecule has 0 atom stereocenters. The van der Waals surface area contributed by atoms with Crippen LogP contribution >= 0.6 is 0 Å². The summed E-state index contributed by atoms with van der Waals surface area (Å²) in [5, 5.41) is 11.6.